The van der Waals surface area contributed by atoms with Crippen LogP contribution in [0.2, 0.25) is 0 Å². The van der Waals surface area contributed by atoms with Crippen LogP contribution in [-0.4, -0.2) is 14.1 Å². The van der Waals surface area contributed by atoms with Crippen molar-refractivity contribution in [2.24, 2.45) is 0 Å². The Balaban J connectivity index is 1.17. The van der Waals surface area contributed by atoms with Gasteiger partial charge in [-0.2, -0.15) is 0 Å². The van der Waals surface area contributed by atoms with E-state index in [1.807, 2.05) is 6.20 Å². The minimum atomic E-state index is -0.374. The van der Waals surface area contributed by atoms with Gasteiger partial charge in [0.2, 0.25) is 0 Å². The van der Waals surface area contributed by atoms with Gasteiger partial charge in [-0.05, 0) is 122 Å². The minimum absolute atomic E-state index is 0.0539. The predicted octanol–water partition coefficient (Wildman–Crippen LogP) is 17.0. The molecule has 0 aliphatic heterocycles. The van der Waals surface area contributed by atoms with Gasteiger partial charge in [0.15, 0.2) is 0 Å². The Bertz CT molecular complexity index is 3630. The molecule has 5 heteroatoms. The van der Waals surface area contributed by atoms with Crippen molar-refractivity contribution in [2.45, 2.75) is 117 Å². The predicted molar refractivity (Wildman–Crippen MR) is 303 cm³/mol. The molecular weight excluding hydrogens is 889 g/mol. The van der Waals surface area contributed by atoms with Gasteiger partial charge in [-0.15, -0.1) is 0 Å². The van der Waals surface area contributed by atoms with E-state index in [1.165, 1.54) is 44.8 Å². The fourth-order valence-corrected chi connectivity index (χ4v) is 10.6. The van der Waals surface area contributed by atoms with E-state index >= 15 is 0 Å². The van der Waals surface area contributed by atoms with Crippen LogP contribution in [0.1, 0.15) is 129 Å². The van der Waals surface area contributed by atoms with Crippen LogP contribution < -0.4 is 9.30 Å². The second-order valence-corrected chi connectivity index (χ2v) is 24.1. The molecule has 3 aromatic heterocycles. The van der Waals surface area contributed by atoms with Crippen LogP contribution in [0, 0.1) is 6.33 Å². The van der Waals surface area contributed by atoms with Crippen molar-refractivity contribution in [3.05, 3.63) is 234 Å². The molecule has 368 valence electrons. The molecule has 10 rings (SSSR count). The molecule has 7 aromatic carbocycles. The maximum absolute atomic E-state index is 7.22. The van der Waals surface area contributed by atoms with Gasteiger partial charge >= 0.3 is 0 Å². The van der Waals surface area contributed by atoms with Crippen molar-refractivity contribution in [1.29, 1.82) is 0 Å². The van der Waals surface area contributed by atoms with E-state index in [1.54, 1.807) is 0 Å². The summed E-state index contributed by atoms with van der Waals surface area (Å²) in [5.41, 5.74) is 13.9. The average molecular weight is 959 g/mol. The molecule has 0 radical (unpaired) electrons. The first-order chi connectivity index (χ1) is 34.6. The van der Waals surface area contributed by atoms with Crippen molar-refractivity contribution < 1.29 is 9.30 Å². The smallest absolute Gasteiger partial charge is 0.269 e. The van der Waals surface area contributed by atoms with Crippen LogP contribution >= 0.6 is 0 Å². The summed E-state index contributed by atoms with van der Waals surface area (Å²) in [5.74, 6) is 2.36. The van der Waals surface area contributed by atoms with E-state index in [4.69, 9.17) is 9.72 Å². The van der Waals surface area contributed by atoms with Crippen molar-refractivity contribution in [3.8, 4) is 39.8 Å². The van der Waals surface area contributed by atoms with Crippen molar-refractivity contribution in [2.75, 3.05) is 0 Å². The zero-order valence-corrected chi connectivity index (χ0v) is 45.1. The van der Waals surface area contributed by atoms with E-state index in [0.29, 0.717) is 0 Å². The monoisotopic (exact) mass is 959 g/mol. The Morgan fingerprint density at radius 2 is 1.07 bits per heavy atom. The first kappa shape index (κ1) is 49.1. The molecule has 0 atom stereocenters. The lowest BCUT2D eigenvalue weighted by atomic mass is 9.77. The lowest BCUT2D eigenvalue weighted by Gasteiger charge is -2.31. The van der Waals surface area contributed by atoms with Crippen LogP contribution in [0.4, 0.5) is 0 Å². The normalized spacial score (nSPS) is 12.7. The molecule has 0 amide bonds. The third-order valence-corrected chi connectivity index (χ3v) is 14.9. The van der Waals surface area contributed by atoms with Crippen molar-refractivity contribution in [3.63, 3.8) is 0 Å². The first-order valence-electron chi connectivity index (χ1n) is 25.9. The molecule has 0 saturated carbocycles. The summed E-state index contributed by atoms with van der Waals surface area (Å²) >= 11 is 0. The van der Waals surface area contributed by atoms with E-state index in [9.17, 15) is 0 Å². The lowest BCUT2D eigenvalue weighted by molar-refractivity contribution is -0.611. The van der Waals surface area contributed by atoms with E-state index < -0.39 is 0 Å². The Kier molecular flexibility index (Phi) is 12.2. The van der Waals surface area contributed by atoms with Crippen LogP contribution in [0.15, 0.2) is 188 Å². The second kappa shape index (κ2) is 18.2. The highest BCUT2D eigenvalue weighted by molar-refractivity contribution is 6.10. The Morgan fingerprint density at radius 3 is 1.70 bits per heavy atom. The lowest BCUT2D eigenvalue weighted by Crippen LogP contribution is -2.41. The zero-order chi connectivity index (χ0) is 51.7. The summed E-state index contributed by atoms with van der Waals surface area (Å²) in [6, 6.07) is 65.7. The molecule has 5 nitrogen and oxygen atoms in total. The van der Waals surface area contributed by atoms with Gasteiger partial charge in [0.05, 0.1) is 33.8 Å². The number of rotatable bonds is 10. The average Bonchev–Trinajstić information content (AvgIpc) is 3.95. The molecule has 0 saturated heterocycles. The molecular formula is C68H70N4O. The highest BCUT2D eigenvalue weighted by Crippen LogP contribution is 2.42. The number of fused-ring (bicyclic) bond motifs is 3. The third kappa shape index (κ3) is 9.31. The third-order valence-electron chi connectivity index (χ3n) is 14.9. The quantitative estimate of drug-likeness (QED) is 0.101. The van der Waals surface area contributed by atoms with Gasteiger partial charge in [-0.1, -0.05) is 199 Å². The summed E-state index contributed by atoms with van der Waals surface area (Å²) < 4.78 is 14.2. The number of ether oxygens (including phenoxy) is 1. The van der Waals surface area contributed by atoms with Crippen LogP contribution in [-0.2, 0) is 27.1 Å². The maximum atomic E-state index is 7.22. The molecule has 73 heavy (non-hydrogen) atoms. The van der Waals surface area contributed by atoms with Crippen molar-refractivity contribution >= 4 is 21.8 Å². The SMILES string of the molecule is CC(C)(C)c1ccnc(-n2c3ccc(-c4ccccc4)cc3c3ccc(Oc4cc(-n5[c-][n+](-c6cccc(C(C)(C)c7ccccc7)c6)c(C(C)(C)C)c5C(C)(C)C)cc(C(C)(C)c5ccccc5)c4)cc32)c1. The van der Waals surface area contributed by atoms with Crippen molar-refractivity contribution in [1.82, 2.24) is 14.1 Å². The van der Waals surface area contributed by atoms with Gasteiger partial charge in [0.1, 0.15) is 17.3 Å². The Labute approximate surface area is 433 Å². The standard InChI is InChI=1S/C68H70N4O/c1-64(2,3)50-36-37-69-61(42-50)72-59-35-32-47(46-24-17-14-18-25-46)38-58(59)57-34-33-55(44-60(57)72)73-56-41-52(68(12,13)49-28-21-16-22-29-49)40-54(43-56)71-45-70(62(65(4,5)6)63(71)66(7,8)9)53-31-23-30-51(39-53)67(10,11)48-26-19-15-20-27-48/h14-44H,1-13H3. The van der Waals surface area contributed by atoms with Gasteiger partial charge < -0.3 is 4.74 Å². The second-order valence-electron chi connectivity index (χ2n) is 24.1. The highest BCUT2D eigenvalue weighted by Gasteiger charge is 2.35. The fraction of sp³-hybridized carbons (Fsp3) is 0.265. The van der Waals surface area contributed by atoms with Crippen LogP contribution in [0.3, 0.4) is 0 Å². The van der Waals surface area contributed by atoms with Crippen LogP contribution in [0.5, 0.6) is 11.5 Å². The molecule has 0 bridgehead atoms. The molecule has 0 fully saturated rings. The summed E-state index contributed by atoms with van der Waals surface area (Å²) in [6.45, 7) is 29.9. The largest absolute Gasteiger partial charge is 0.458 e. The van der Waals surface area contributed by atoms with Crippen LogP contribution in [0.25, 0.3) is 50.1 Å². The van der Waals surface area contributed by atoms with E-state index in [0.717, 1.165) is 56.1 Å². The number of hydrogen-bond donors (Lipinski definition) is 0. The van der Waals surface area contributed by atoms with E-state index in [-0.39, 0.29) is 27.1 Å². The number of pyridine rings is 1. The molecule has 0 aliphatic carbocycles. The van der Waals surface area contributed by atoms with Gasteiger partial charge in [-0.3, -0.25) is 13.7 Å². The summed E-state index contributed by atoms with van der Waals surface area (Å²) in [5, 5.41) is 2.30. The maximum Gasteiger partial charge on any atom is 0.269 e. The number of nitrogens with zero attached hydrogens (tertiary/aromatic N) is 4. The summed E-state index contributed by atoms with van der Waals surface area (Å²) in [6.07, 6.45) is 5.93. The molecule has 0 N–H and O–H groups in total. The van der Waals surface area contributed by atoms with Gasteiger partial charge in [0.25, 0.3) is 6.33 Å². The highest BCUT2D eigenvalue weighted by atomic mass is 16.5. The molecule has 0 spiro atoms. The molecule has 3 heterocycles. The number of imidazole rings is 1. The summed E-state index contributed by atoms with van der Waals surface area (Å²) in [7, 11) is 0. The van der Waals surface area contributed by atoms with Gasteiger partial charge in [-0.25, -0.2) is 4.98 Å². The van der Waals surface area contributed by atoms with Gasteiger partial charge in [0, 0.05) is 33.9 Å². The number of benzene rings is 7. The first-order valence-corrected chi connectivity index (χ1v) is 25.9. The Morgan fingerprint density at radius 1 is 0.438 bits per heavy atom. The topological polar surface area (TPSA) is 35.9 Å². The zero-order valence-electron chi connectivity index (χ0n) is 45.1. The fourth-order valence-electron chi connectivity index (χ4n) is 10.6. The molecule has 0 aliphatic rings. The summed E-state index contributed by atoms with van der Waals surface area (Å²) in [4.78, 5) is 5.02. The number of aromatic nitrogens is 4. The molecule has 0 unspecified atom stereocenters. The minimum Gasteiger partial charge on any atom is -0.458 e. The van der Waals surface area contributed by atoms with E-state index in [2.05, 4.69) is 292 Å². The number of hydrogen-bond acceptors (Lipinski definition) is 2. The molecule has 10 aromatic rings. The Hall–Kier alpha value is -7.50.